The average Bonchev–Trinajstić information content (AvgIpc) is 2.68. The van der Waals surface area contributed by atoms with Gasteiger partial charge in [0.2, 0.25) is 0 Å². The largest absolute Gasteiger partial charge is 0.370 e. The molecule has 0 amide bonds. The van der Waals surface area contributed by atoms with Crippen LogP contribution in [0.4, 0.5) is 5.69 Å². The molecule has 90 valence electrons. The molecule has 0 aliphatic carbocycles. The fourth-order valence-electron chi connectivity index (χ4n) is 2.35. The average molecular weight is 293 g/mol. The number of hydrogen-bond donors (Lipinski definition) is 0. The SMILES string of the molecule is CC1(C)CCN(c2ccc(CBr)cc2C#N)C1. The lowest BCUT2D eigenvalue weighted by Crippen LogP contribution is -2.23. The molecule has 0 radical (unpaired) electrons. The molecule has 1 aliphatic heterocycles. The van der Waals surface area contributed by atoms with E-state index in [9.17, 15) is 5.26 Å². The fourth-order valence-corrected chi connectivity index (χ4v) is 2.70. The zero-order valence-corrected chi connectivity index (χ0v) is 11.9. The van der Waals surface area contributed by atoms with Crippen molar-refractivity contribution in [2.45, 2.75) is 25.6 Å². The predicted octanol–water partition coefficient (Wildman–Crippen LogP) is 3.69. The van der Waals surface area contributed by atoms with Crippen LogP contribution in [0.15, 0.2) is 18.2 Å². The Bertz CT molecular complexity index is 460. The quantitative estimate of drug-likeness (QED) is 0.778. The molecule has 2 rings (SSSR count). The highest BCUT2D eigenvalue weighted by Gasteiger charge is 2.30. The molecule has 1 aliphatic rings. The Hall–Kier alpha value is -1.01. The summed E-state index contributed by atoms with van der Waals surface area (Å²) in [5, 5.41) is 10.0. The van der Waals surface area contributed by atoms with Crippen LogP contribution in [0.25, 0.3) is 0 Å². The zero-order chi connectivity index (χ0) is 12.5. The third-order valence-corrected chi connectivity index (χ3v) is 4.00. The van der Waals surface area contributed by atoms with Crippen molar-refractivity contribution >= 4 is 21.6 Å². The van der Waals surface area contributed by atoms with Crippen LogP contribution >= 0.6 is 15.9 Å². The van der Waals surface area contributed by atoms with Crippen LogP contribution < -0.4 is 4.90 Å². The van der Waals surface area contributed by atoms with E-state index in [0.29, 0.717) is 5.41 Å². The van der Waals surface area contributed by atoms with Gasteiger partial charge in [-0.2, -0.15) is 5.26 Å². The number of hydrogen-bond acceptors (Lipinski definition) is 2. The summed E-state index contributed by atoms with van der Waals surface area (Å²) in [5.41, 5.74) is 3.40. The van der Waals surface area contributed by atoms with Gasteiger partial charge in [-0.1, -0.05) is 35.8 Å². The van der Waals surface area contributed by atoms with Crippen molar-refractivity contribution in [1.82, 2.24) is 0 Å². The van der Waals surface area contributed by atoms with Gasteiger partial charge in [0.1, 0.15) is 6.07 Å². The summed E-state index contributed by atoms with van der Waals surface area (Å²) in [6, 6.07) is 8.47. The Morgan fingerprint density at radius 2 is 2.24 bits per heavy atom. The molecule has 1 fully saturated rings. The Morgan fingerprint density at radius 1 is 1.47 bits per heavy atom. The molecule has 1 aromatic carbocycles. The number of nitriles is 1. The number of halogens is 1. The van der Waals surface area contributed by atoms with E-state index < -0.39 is 0 Å². The van der Waals surface area contributed by atoms with Crippen LogP contribution in [-0.4, -0.2) is 13.1 Å². The van der Waals surface area contributed by atoms with Crippen LogP contribution in [0.3, 0.4) is 0 Å². The Labute approximate surface area is 111 Å². The van der Waals surface area contributed by atoms with Crippen LogP contribution in [0.1, 0.15) is 31.4 Å². The van der Waals surface area contributed by atoms with Crippen LogP contribution in [0.5, 0.6) is 0 Å². The van der Waals surface area contributed by atoms with Gasteiger partial charge < -0.3 is 4.90 Å². The van der Waals surface area contributed by atoms with Gasteiger partial charge in [-0.3, -0.25) is 0 Å². The first-order valence-electron chi connectivity index (χ1n) is 5.90. The third kappa shape index (κ3) is 2.63. The van der Waals surface area contributed by atoms with Crippen molar-refractivity contribution in [3.8, 4) is 6.07 Å². The summed E-state index contributed by atoms with van der Waals surface area (Å²) in [4.78, 5) is 2.33. The second-order valence-electron chi connectivity index (χ2n) is 5.43. The monoisotopic (exact) mass is 292 g/mol. The highest BCUT2D eigenvalue weighted by molar-refractivity contribution is 9.08. The van der Waals surface area contributed by atoms with Gasteiger partial charge in [-0.25, -0.2) is 0 Å². The molecule has 1 aromatic rings. The van der Waals surface area contributed by atoms with E-state index in [0.717, 1.165) is 35.2 Å². The van der Waals surface area contributed by atoms with Crippen molar-refractivity contribution in [3.63, 3.8) is 0 Å². The molecule has 0 spiro atoms. The van der Waals surface area contributed by atoms with Gasteiger partial charge in [0, 0.05) is 18.4 Å². The standard InChI is InChI=1S/C14H17BrN2/c1-14(2)5-6-17(10-14)13-4-3-11(8-15)7-12(13)9-16/h3-4,7H,5-6,8,10H2,1-2H3. The Morgan fingerprint density at radius 3 is 2.76 bits per heavy atom. The summed E-state index contributed by atoms with van der Waals surface area (Å²) in [7, 11) is 0. The van der Waals surface area contributed by atoms with Gasteiger partial charge in [0.15, 0.2) is 0 Å². The van der Waals surface area contributed by atoms with E-state index in [1.165, 1.54) is 6.42 Å². The summed E-state index contributed by atoms with van der Waals surface area (Å²) < 4.78 is 0. The molecule has 2 nitrogen and oxygen atoms in total. The molecular weight excluding hydrogens is 276 g/mol. The minimum atomic E-state index is 0.362. The molecule has 0 bridgehead atoms. The molecule has 0 atom stereocenters. The first kappa shape index (κ1) is 12.4. The number of alkyl halides is 1. The lowest BCUT2D eigenvalue weighted by atomic mass is 9.93. The van der Waals surface area contributed by atoms with Gasteiger partial charge in [0.05, 0.1) is 11.3 Å². The summed E-state index contributed by atoms with van der Waals surface area (Å²) in [6.45, 7) is 6.66. The first-order valence-corrected chi connectivity index (χ1v) is 7.02. The molecule has 0 N–H and O–H groups in total. The van der Waals surface area contributed by atoms with E-state index in [4.69, 9.17) is 0 Å². The number of anilines is 1. The lowest BCUT2D eigenvalue weighted by molar-refractivity contribution is 0.418. The number of rotatable bonds is 2. The van der Waals surface area contributed by atoms with E-state index in [-0.39, 0.29) is 0 Å². The summed E-state index contributed by atoms with van der Waals surface area (Å²) >= 11 is 3.42. The summed E-state index contributed by atoms with van der Waals surface area (Å²) in [6.07, 6.45) is 1.19. The van der Waals surface area contributed by atoms with E-state index >= 15 is 0 Å². The van der Waals surface area contributed by atoms with Crippen molar-refractivity contribution in [3.05, 3.63) is 29.3 Å². The van der Waals surface area contributed by atoms with E-state index in [1.54, 1.807) is 0 Å². The van der Waals surface area contributed by atoms with Crippen molar-refractivity contribution in [2.24, 2.45) is 5.41 Å². The van der Waals surface area contributed by atoms with Crippen LogP contribution in [-0.2, 0) is 5.33 Å². The summed E-state index contributed by atoms with van der Waals surface area (Å²) in [5.74, 6) is 0. The predicted molar refractivity (Wildman–Crippen MR) is 74.4 cm³/mol. The third-order valence-electron chi connectivity index (χ3n) is 3.35. The fraction of sp³-hybridized carbons (Fsp3) is 0.500. The van der Waals surface area contributed by atoms with Gasteiger partial charge in [-0.05, 0) is 29.5 Å². The highest BCUT2D eigenvalue weighted by atomic mass is 79.9. The Balaban J connectivity index is 2.31. The molecule has 17 heavy (non-hydrogen) atoms. The second-order valence-corrected chi connectivity index (χ2v) is 5.99. The maximum atomic E-state index is 9.24. The number of benzene rings is 1. The number of nitrogens with zero attached hydrogens (tertiary/aromatic N) is 2. The zero-order valence-electron chi connectivity index (χ0n) is 10.3. The minimum Gasteiger partial charge on any atom is -0.370 e. The van der Waals surface area contributed by atoms with Crippen LogP contribution in [0.2, 0.25) is 0 Å². The van der Waals surface area contributed by atoms with E-state index in [1.807, 2.05) is 6.07 Å². The maximum Gasteiger partial charge on any atom is 0.101 e. The van der Waals surface area contributed by atoms with E-state index in [2.05, 4.69) is 52.9 Å². The minimum absolute atomic E-state index is 0.362. The normalized spacial score (nSPS) is 18.1. The molecule has 3 heteroatoms. The van der Waals surface area contributed by atoms with Gasteiger partial charge in [0.25, 0.3) is 0 Å². The van der Waals surface area contributed by atoms with Gasteiger partial charge >= 0.3 is 0 Å². The molecule has 1 saturated heterocycles. The van der Waals surface area contributed by atoms with Crippen molar-refractivity contribution in [1.29, 1.82) is 5.26 Å². The van der Waals surface area contributed by atoms with Crippen molar-refractivity contribution in [2.75, 3.05) is 18.0 Å². The molecule has 0 saturated carbocycles. The highest BCUT2D eigenvalue weighted by Crippen LogP contribution is 2.34. The Kier molecular flexibility index (Phi) is 3.44. The van der Waals surface area contributed by atoms with Crippen LogP contribution in [0, 0.1) is 16.7 Å². The topological polar surface area (TPSA) is 27.0 Å². The maximum absolute atomic E-state index is 9.24. The molecular formula is C14H17BrN2. The molecule has 0 aromatic heterocycles. The lowest BCUT2D eigenvalue weighted by Gasteiger charge is -2.22. The smallest absolute Gasteiger partial charge is 0.101 e. The molecule has 1 heterocycles. The van der Waals surface area contributed by atoms with Gasteiger partial charge in [-0.15, -0.1) is 0 Å². The molecule has 0 unspecified atom stereocenters. The van der Waals surface area contributed by atoms with Crippen molar-refractivity contribution < 1.29 is 0 Å². The second kappa shape index (κ2) is 4.70. The first-order chi connectivity index (χ1) is 8.05.